The van der Waals surface area contributed by atoms with Crippen LogP contribution >= 0.6 is 0 Å². The summed E-state index contributed by atoms with van der Waals surface area (Å²) in [6.45, 7) is 0. The van der Waals surface area contributed by atoms with Gasteiger partial charge in [-0.2, -0.15) is 0 Å². The van der Waals surface area contributed by atoms with Crippen LogP contribution < -0.4 is 10.2 Å². The molecule has 0 saturated carbocycles. The normalized spacial score (nSPS) is 9.69. The second-order valence-electron chi connectivity index (χ2n) is 1.98. The van der Waals surface area contributed by atoms with Crippen LogP contribution in [0.15, 0.2) is 23.1 Å². The molecule has 8 heteroatoms. The van der Waals surface area contributed by atoms with E-state index in [4.69, 9.17) is 10.5 Å². The van der Waals surface area contributed by atoms with Crippen molar-refractivity contribution in [3.8, 4) is 5.75 Å². The summed E-state index contributed by atoms with van der Waals surface area (Å²) in [6, 6.07) is 2.80. The molecule has 0 aliphatic carbocycles. The van der Waals surface area contributed by atoms with Gasteiger partial charge < -0.3 is 9.64 Å². The van der Waals surface area contributed by atoms with E-state index in [0.29, 0.717) is 0 Å². The standard InChI is InChI=1S/C5H6BNO6/c8-5-4(2-1-3-7-5)11-6(12-9)13-10/h1-3,9-10H,(H,7,8). The van der Waals surface area contributed by atoms with E-state index in [1.807, 2.05) is 0 Å². The molecule has 1 heterocycles. The molecule has 0 saturated heterocycles. The Hall–Kier alpha value is -1.35. The summed E-state index contributed by atoms with van der Waals surface area (Å²) in [4.78, 5) is 20.3. The minimum atomic E-state index is -1.75. The quantitative estimate of drug-likeness (QED) is 0.340. The first-order valence-electron chi connectivity index (χ1n) is 3.22. The van der Waals surface area contributed by atoms with Crippen molar-refractivity contribution in [2.24, 2.45) is 0 Å². The van der Waals surface area contributed by atoms with E-state index < -0.39 is 12.9 Å². The Labute approximate surface area is 72.5 Å². The van der Waals surface area contributed by atoms with Crippen molar-refractivity contribution in [1.29, 1.82) is 0 Å². The second-order valence-corrected chi connectivity index (χ2v) is 1.98. The highest BCUT2D eigenvalue weighted by atomic mass is 17.2. The molecule has 0 radical (unpaired) electrons. The predicted octanol–water partition coefficient (Wildman–Crippen LogP) is -0.282. The van der Waals surface area contributed by atoms with Gasteiger partial charge >= 0.3 is 7.32 Å². The van der Waals surface area contributed by atoms with Crippen LogP contribution in [0.3, 0.4) is 0 Å². The fourth-order valence-electron chi connectivity index (χ4n) is 0.665. The van der Waals surface area contributed by atoms with E-state index >= 15 is 0 Å². The van der Waals surface area contributed by atoms with Gasteiger partial charge in [0.25, 0.3) is 5.56 Å². The monoisotopic (exact) mass is 187 g/mol. The Morgan fingerprint density at radius 1 is 1.38 bits per heavy atom. The Morgan fingerprint density at radius 2 is 2.08 bits per heavy atom. The maximum absolute atomic E-state index is 10.9. The van der Waals surface area contributed by atoms with E-state index in [1.165, 1.54) is 18.3 Å². The van der Waals surface area contributed by atoms with Crippen LogP contribution in [-0.4, -0.2) is 22.8 Å². The number of hydrogen-bond donors (Lipinski definition) is 3. The molecule has 70 valence electrons. The van der Waals surface area contributed by atoms with E-state index in [1.54, 1.807) is 0 Å². The van der Waals surface area contributed by atoms with Crippen LogP contribution in [-0.2, 0) is 9.61 Å². The Kier molecular flexibility index (Phi) is 3.47. The van der Waals surface area contributed by atoms with Gasteiger partial charge in [-0.3, -0.25) is 15.3 Å². The zero-order valence-corrected chi connectivity index (χ0v) is 6.34. The molecule has 0 aliphatic heterocycles. The molecular weight excluding hydrogens is 181 g/mol. The molecule has 13 heavy (non-hydrogen) atoms. The summed E-state index contributed by atoms with van der Waals surface area (Å²) in [5.41, 5.74) is -0.540. The number of rotatable bonds is 4. The van der Waals surface area contributed by atoms with Crippen LogP contribution in [0.1, 0.15) is 0 Å². The number of nitrogens with one attached hydrogen (secondary N) is 1. The van der Waals surface area contributed by atoms with Gasteiger partial charge in [0.1, 0.15) is 0 Å². The SMILES string of the molecule is O=c1[nH]cccc1OB(OO)OO. The maximum Gasteiger partial charge on any atom is 0.770 e. The van der Waals surface area contributed by atoms with Crippen LogP contribution in [0, 0.1) is 0 Å². The van der Waals surface area contributed by atoms with Crippen LogP contribution in [0.2, 0.25) is 0 Å². The summed E-state index contributed by atoms with van der Waals surface area (Å²) >= 11 is 0. The van der Waals surface area contributed by atoms with Gasteiger partial charge in [-0.25, -0.2) is 9.61 Å². The lowest BCUT2D eigenvalue weighted by Crippen LogP contribution is -2.30. The topological polar surface area (TPSA) is 101 Å². The summed E-state index contributed by atoms with van der Waals surface area (Å²) in [7, 11) is -1.75. The molecule has 0 spiro atoms. The summed E-state index contributed by atoms with van der Waals surface area (Å²) in [5.74, 6) is -0.157. The van der Waals surface area contributed by atoms with Crippen molar-refractivity contribution in [1.82, 2.24) is 4.98 Å². The highest BCUT2D eigenvalue weighted by molar-refractivity contribution is 6.36. The van der Waals surface area contributed by atoms with Crippen LogP contribution in [0.4, 0.5) is 0 Å². The molecule has 0 bridgehead atoms. The lowest BCUT2D eigenvalue weighted by atomic mass is 10.2. The molecule has 3 N–H and O–H groups in total. The van der Waals surface area contributed by atoms with Gasteiger partial charge in [-0.1, -0.05) is 0 Å². The third-order valence-corrected chi connectivity index (χ3v) is 1.18. The van der Waals surface area contributed by atoms with Crippen molar-refractivity contribution in [3.05, 3.63) is 28.7 Å². The van der Waals surface area contributed by atoms with Crippen LogP contribution in [0.25, 0.3) is 0 Å². The van der Waals surface area contributed by atoms with E-state index in [9.17, 15) is 4.79 Å². The van der Waals surface area contributed by atoms with Crippen molar-refractivity contribution in [2.75, 3.05) is 0 Å². The average Bonchev–Trinajstić information content (AvgIpc) is 2.17. The summed E-state index contributed by atoms with van der Waals surface area (Å²) < 4.78 is 4.56. The highest BCUT2D eigenvalue weighted by Crippen LogP contribution is 2.01. The molecule has 7 nitrogen and oxygen atoms in total. The van der Waals surface area contributed by atoms with Crippen molar-refractivity contribution >= 4 is 7.32 Å². The smallest absolute Gasteiger partial charge is 0.505 e. The summed E-state index contributed by atoms with van der Waals surface area (Å²) in [6.07, 6.45) is 1.39. The molecule has 0 fully saturated rings. The zero-order valence-electron chi connectivity index (χ0n) is 6.34. The number of hydrogen-bond acceptors (Lipinski definition) is 6. The Bertz CT molecular complexity index is 310. The van der Waals surface area contributed by atoms with Gasteiger partial charge in [0, 0.05) is 6.20 Å². The van der Waals surface area contributed by atoms with Gasteiger partial charge in [-0.15, -0.1) is 0 Å². The Balaban J connectivity index is 2.73. The molecular formula is C5H6BNO6. The maximum atomic E-state index is 10.9. The van der Waals surface area contributed by atoms with Crippen molar-refractivity contribution in [2.45, 2.75) is 0 Å². The van der Waals surface area contributed by atoms with E-state index in [0.717, 1.165) is 0 Å². The van der Waals surface area contributed by atoms with Gasteiger partial charge in [0.05, 0.1) is 0 Å². The second kappa shape index (κ2) is 4.62. The number of H-pyrrole nitrogens is 1. The van der Waals surface area contributed by atoms with E-state index in [-0.39, 0.29) is 5.75 Å². The van der Waals surface area contributed by atoms with E-state index in [2.05, 4.69) is 19.2 Å². The number of aromatic nitrogens is 1. The fraction of sp³-hybridized carbons (Fsp3) is 0. The molecule has 0 aromatic carbocycles. The molecule has 0 aliphatic rings. The third-order valence-electron chi connectivity index (χ3n) is 1.18. The first kappa shape index (κ1) is 9.74. The number of aromatic amines is 1. The summed E-state index contributed by atoms with van der Waals surface area (Å²) in [5, 5.41) is 16.1. The fourth-order valence-corrected chi connectivity index (χ4v) is 0.665. The minimum absolute atomic E-state index is 0.157. The molecule has 1 rings (SSSR count). The minimum Gasteiger partial charge on any atom is -0.505 e. The van der Waals surface area contributed by atoms with Gasteiger partial charge in [0.15, 0.2) is 5.75 Å². The predicted molar refractivity (Wildman–Crippen MR) is 40.9 cm³/mol. The first-order valence-corrected chi connectivity index (χ1v) is 3.22. The third kappa shape index (κ3) is 2.56. The molecule has 1 aromatic rings. The van der Waals surface area contributed by atoms with Gasteiger partial charge in [-0.05, 0) is 12.1 Å². The molecule has 0 unspecified atom stereocenters. The lowest BCUT2D eigenvalue weighted by molar-refractivity contribution is -0.242. The van der Waals surface area contributed by atoms with Crippen molar-refractivity contribution < 1.29 is 24.8 Å². The highest BCUT2D eigenvalue weighted by Gasteiger charge is 2.25. The molecule has 1 aromatic heterocycles. The van der Waals surface area contributed by atoms with Crippen molar-refractivity contribution in [3.63, 3.8) is 0 Å². The van der Waals surface area contributed by atoms with Gasteiger partial charge in [0.2, 0.25) is 0 Å². The number of pyridine rings is 1. The zero-order chi connectivity index (χ0) is 9.68. The Morgan fingerprint density at radius 3 is 2.62 bits per heavy atom. The molecule has 0 amide bonds. The largest absolute Gasteiger partial charge is 0.770 e. The molecule has 0 atom stereocenters. The van der Waals surface area contributed by atoms with Crippen LogP contribution in [0.5, 0.6) is 5.75 Å². The lowest BCUT2D eigenvalue weighted by Gasteiger charge is -2.05. The average molecular weight is 187 g/mol. The first-order chi connectivity index (χ1) is 6.27.